The van der Waals surface area contributed by atoms with Crippen molar-refractivity contribution >= 4 is 5.96 Å². The van der Waals surface area contributed by atoms with Gasteiger partial charge in [-0.1, -0.05) is 19.3 Å². The summed E-state index contributed by atoms with van der Waals surface area (Å²) in [5, 5.41) is 3.56. The van der Waals surface area contributed by atoms with Crippen molar-refractivity contribution in [2.24, 2.45) is 16.3 Å². The number of hydrogen-bond acceptors (Lipinski definition) is 2. The minimum absolute atomic E-state index is 0.613. The zero-order chi connectivity index (χ0) is 16.1. The van der Waals surface area contributed by atoms with Crippen molar-refractivity contribution in [2.45, 2.75) is 58.3 Å². The van der Waals surface area contributed by atoms with Crippen molar-refractivity contribution in [1.82, 2.24) is 15.1 Å². The second kappa shape index (κ2) is 7.87. The van der Waals surface area contributed by atoms with Crippen molar-refractivity contribution in [3.8, 4) is 0 Å². The molecule has 4 nitrogen and oxygen atoms in total. The van der Waals surface area contributed by atoms with E-state index in [0.29, 0.717) is 5.41 Å². The summed E-state index contributed by atoms with van der Waals surface area (Å²) in [5.41, 5.74) is 0.613. The Morgan fingerprint density at radius 1 is 1.09 bits per heavy atom. The highest BCUT2D eigenvalue weighted by molar-refractivity contribution is 5.80. The topological polar surface area (TPSA) is 30.9 Å². The Morgan fingerprint density at radius 3 is 2.52 bits per heavy atom. The molecule has 0 aromatic heterocycles. The maximum atomic E-state index is 5.04. The quantitative estimate of drug-likeness (QED) is 0.641. The lowest BCUT2D eigenvalue weighted by Crippen LogP contribution is -2.42. The summed E-state index contributed by atoms with van der Waals surface area (Å²) >= 11 is 0. The Hall–Kier alpha value is -0.770. The Bertz CT molecular complexity index is 392. The molecule has 1 saturated carbocycles. The van der Waals surface area contributed by atoms with Crippen molar-refractivity contribution in [2.75, 3.05) is 46.3 Å². The van der Waals surface area contributed by atoms with Gasteiger partial charge in [0.15, 0.2) is 5.96 Å². The highest BCUT2D eigenvalue weighted by atomic mass is 15.3. The van der Waals surface area contributed by atoms with E-state index in [1.807, 2.05) is 0 Å². The summed E-state index contributed by atoms with van der Waals surface area (Å²) in [6.07, 6.45) is 11.2. The van der Waals surface area contributed by atoms with Crippen molar-refractivity contribution < 1.29 is 0 Å². The maximum Gasteiger partial charge on any atom is 0.193 e. The van der Waals surface area contributed by atoms with E-state index in [1.54, 1.807) is 0 Å². The smallest absolute Gasteiger partial charge is 0.193 e. The van der Waals surface area contributed by atoms with Crippen LogP contribution in [0.4, 0.5) is 0 Å². The maximum absolute atomic E-state index is 5.04. The molecule has 2 saturated heterocycles. The average Bonchev–Trinajstić information content (AvgIpc) is 2.97. The average molecular weight is 321 g/mol. The van der Waals surface area contributed by atoms with Crippen LogP contribution < -0.4 is 5.32 Å². The second-order valence-corrected chi connectivity index (χ2v) is 8.17. The van der Waals surface area contributed by atoms with Gasteiger partial charge < -0.3 is 15.1 Å². The summed E-state index contributed by atoms with van der Waals surface area (Å²) < 4.78 is 0. The van der Waals surface area contributed by atoms with Crippen LogP contribution in [0.15, 0.2) is 4.99 Å². The third kappa shape index (κ3) is 4.40. The number of likely N-dealkylation sites (tertiary alicyclic amines) is 2. The molecule has 1 spiro atoms. The van der Waals surface area contributed by atoms with Gasteiger partial charge in [0.05, 0.1) is 0 Å². The van der Waals surface area contributed by atoms with Crippen LogP contribution in [0.25, 0.3) is 0 Å². The van der Waals surface area contributed by atoms with Crippen LogP contribution in [0.2, 0.25) is 0 Å². The van der Waals surface area contributed by atoms with Gasteiger partial charge in [0.2, 0.25) is 0 Å². The minimum atomic E-state index is 0.613. The number of rotatable bonds is 3. The molecule has 0 amide bonds. The van der Waals surface area contributed by atoms with Gasteiger partial charge in [-0.05, 0) is 70.5 Å². The molecule has 0 atom stereocenters. The van der Waals surface area contributed by atoms with Gasteiger partial charge in [0, 0.05) is 26.2 Å². The van der Waals surface area contributed by atoms with E-state index < -0.39 is 0 Å². The van der Waals surface area contributed by atoms with E-state index in [-0.39, 0.29) is 0 Å². The second-order valence-electron chi connectivity index (χ2n) is 8.17. The number of hydrogen-bond donors (Lipinski definition) is 1. The SMILES string of the molecule is CCNC(=NCC1CCN(C)CC1)N1CCC2(CCCCC2)C1. The first-order valence-corrected chi connectivity index (χ1v) is 9.93. The van der Waals surface area contributed by atoms with Gasteiger partial charge in [0.25, 0.3) is 0 Å². The third-order valence-corrected chi connectivity index (χ3v) is 6.32. The van der Waals surface area contributed by atoms with E-state index in [1.165, 1.54) is 83.5 Å². The number of piperidine rings is 1. The zero-order valence-electron chi connectivity index (χ0n) is 15.3. The van der Waals surface area contributed by atoms with Crippen molar-refractivity contribution in [3.63, 3.8) is 0 Å². The lowest BCUT2D eigenvalue weighted by molar-refractivity contribution is 0.203. The molecule has 132 valence electrons. The summed E-state index contributed by atoms with van der Waals surface area (Å²) in [6, 6.07) is 0. The predicted octanol–water partition coefficient (Wildman–Crippen LogP) is 2.95. The van der Waals surface area contributed by atoms with Gasteiger partial charge >= 0.3 is 0 Å². The monoisotopic (exact) mass is 320 g/mol. The fraction of sp³-hybridized carbons (Fsp3) is 0.947. The molecule has 0 unspecified atom stereocenters. The molecule has 3 rings (SSSR count). The molecule has 1 N–H and O–H groups in total. The molecular weight excluding hydrogens is 284 g/mol. The largest absolute Gasteiger partial charge is 0.357 e. The molecule has 0 bridgehead atoms. The molecular formula is C19H36N4. The fourth-order valence-electron chi connectivity index (χ4n) is 4.71. The first kappa shape index (κ1) is 17.1. The summed E-state index contributed by atoms with van der Waals surface area (Å²) in [4.78, 5) is 10.0. The number of guanidine groups is 1. The molecule has 2 aliphatic heterocycles. The van der Waals surface area contributed by atoms with Crippen molar-refractivity contribution in [1.29, 1.82) is 0 Å². The highest BCUT2D eigenvalue weighted by Crippen LogP contribution is 2.43. The standard InChI is InChI=1S/C19H36N4/c1-3-20-18(21-15-17-7-12-22(2)13-8-17)23-14-11-19(16-23)9-5-4-6-10-19/h17H,3-16H2,1-2H3,(H,20,21). The third-order valence-electron chi connectivity index (χ3n) is 6.32. The number of nitrogens with one attached hydrogen (secondary N) is 1. The summed E-state index contributed by atoms with van der Waals surface area (Å²) in [5.74, 6) is 1.97. The van der Waals surface area contributed by atoms with Crippen LogP contribution in [0.1, 0.15) is 58.3 Å². The predicted molar refractivity (Wildman–Crippen MR) is 97.9 cm³/mol. The molecule has 4 heteroatoms. The molecule has 0 aromatic carbocycles. The van der Waals surface area contributed by atoms with E-state index >= 15 is 0 Å². The molecule has 1 aliphatic carbocycles. The first-order chi connectivity index (χ1) is 11.2. The van der Waals surface area contributed by atoms with Crippen LogP contribution in [0, 0.1) is 11.3 Å². The fourth-order valence-corrected chi connectivity index (χ4v) is 4.71. The Morgan fingerprint density at radius 2 is 1.83 bits per heavy atom. The van der Waals surface area contributed by atoms with E-state index in [2.05, 4.69) is 29.1 Å². The molecule has 2 heterocycles. The molecule has 3 fully saturated rings. The number of nitrogens with zero attached hydrogens (tertiary/aromatic N) is 3. The molecule has 3 aliphatic rings. The van der Waals surface area contributed by atoms with E-state index in [4.69, 9.17) is 4.99 Å². The van der Waals surface area contributed by atoms with Gasteiger partial charge in [0.1, 0.15) is 0 Å². The van der Waals surface area contributed by atoms with Gasteiger partial charge in [-0.25, -0.2) is 0 Å². The molecule has 0 aromatic rings. The Kier molecular flexibility index (Phi) is 5.84. The lowest BCUT2D eigenvalue weighted by Gasteiger charge is -2.34. The van der Waals surface area contributed by atoms with Crippen LogP contribution in [-0.2, 0) is 0 Å². The van der Waals surface area contributed by atoms with E-state index in [0.717, 1.165) is 19.0 Å². The van der Waals surface area contributed by atoms with E-state index in [9.17, 15) is 0 Å². The lowest BCUT2D eigenvalue weighted by atomic mass is 9.73. The first-order valence-electron chi connectivity index (χ1n) is 9.93. The Labute approximate surface area is 142 Å². The zero-order valence-corrected chi connectivity index (χ0v) is 15.3. The van der Waals surface area contributed by atoms with Crippen LogP contribution in [0.5, 0.6) is 0 Å². The summed E-state index contributed by atoms with van der Waals surface area (Å²) in [6.45, 7) is 9.12. The van der Waals surface area contributed by atoms with Gasteiger partial charge in [-0.2, -0.15) is 0 Å². The minimum Gasteiger partial charge on any atom is -0.357 e. The van der Waals surface area contributed by atoms with Gasteiger partial charge in [-0.3, -0.25) is 4.99 Å². The molecule has 23 heavy (non-hydrogen) atoms. The van der Waals surface area contributed by atoms with Crippen LogP contribution in [0.3, 0.4) is 0 Å². The van der Waals surface area contributed by atoms with Crippen LogP contribution in [-0.4, -0.2) is 62.1 Å². The Balaban J connectivity index is 1.56. The number of aliphatic imine (C=N–C) groups is 1. The van der Waals surface area contributed by atoms with Gasteiger partial charge in [-0.15, -0.1) is 0 Å². The van der Waals surface area contributed by atoms with Crippen LogP contribution >= 0.6 is 0 Å². The normalized spacial score (nSPS) is 26.9. The summed E-state index contributed by atoms with van der Waals surface area (Å²) in [7, 11) is 2.23. The highest BCUT2D eigenvalue weighted by Gasteiger charge is 2.39. The molecule has 0 radical (unpaired) electrons. The van der Waals surface area contributed by atoms with Crippen molar-refractivity contribution in [3.05, 3.63) is 0 Å².